The maximum atomic E-state index is 13.2. The van der Waals surface area contributed by atoms with Crippen molar-refractivity contribution in [3.63, 3.8) is 0 Å². The summed E-state index contributed by atoms with van der Waals surface area (Å²) in [5, 5.41) is 8.80. The molecule has 0 aliphatic carbocycles. The van der Waals surface area contributed by atoms with Crippen LogP contribution in [0.5, 0.6) is 0 Å². The highest BCUT2D eigenvalue weighted by atomic mass is 35.5. The first-order valence-electron chi connectivity index (χ1n) is 5.29. The molecule has 0 saturated carbocycles. The van der Waals surface area contributed by atoms with Gasteiger partial charge in [-0.05, 0) is 30.3 Å². The lowest BCUT2D eigenvalue weighted by Gasteiger charge is -2.05. The van der Waals surface area contributed by atoms with Gasteiger partial charge >= 0.3 is 5.97 Å². The molecule has 1 N–H and O–H groups in total. The first-order chi connectivity index (χ1) is 9.29. The minimum atomic E-state index is -3.75. The van der Waals surface area contributed by atoms with E-state index in [0.717, 1.165) is 29.5 Å². The molecule has 1 aromatic heterocycles. The molecule has 4 nitrogen and oxygen atoms in total. The van der Waals surface area contributed by atoms with Gasteiger partial charge in [-0.25, -0.2) is 17.6 Å². The van der Waals surface area contributed by atoms with E-state index in [0.29, 0.717) is 9.21 Å². The lowest BCUT2D eigenvalue weighted by Crippen LogP contribution is -2.07. The molecule has 0 unspecified atom stereocenters. The maximum Gasteiger partial charge on any atom is 0.338 e. The molecule has 0 radical (unpaired) electrons. The maximum absolute atomic E-state index is 13.2. The molecule has 8 heteroatoms. The molecule has 0 spiro atoms. The third-order valence-corrected chi connectivity index (χ3v) is 5.57. The third-order valence-electron chi connectivity index (χ3n) is 2.49. The molecule has 0 atom stereocenters. The molecule has 20 heavy (non-hydrogen) atoms. The summed E-state index contributed by atoms with van der Waals surface area (Å²) in [4.78, 5) is 11.1. The predicted molar refractivity (Wildman–Crippen MR) is 73.6 cm³/mol. The fourth-order valence-corrected chi connectivity index (χ4v) is 4.36. The van der Waals surface area contributed by atoms with Crippen LogP contribution >= 0.6 is 22.9 Å². The summed E-state index contributed by atoms with van der Waals surface area (Å²) in [5.74, 6) is -2.80. The van der Waals surface area contributed by atoms with Crippen LogP contribution in [-0.4, -0.2) is 19.5 Å². The van der Waals surface area contributed by atoms with Crippen molar-refractivity contribution in [2.45, 2.75) is 10.6 Å². The Kier molecular flexibility index (Phi) is 4.12. The van der Waals surface area contributed by atoms with E-state index >= 15 is 0 Å². The molecule has 2 aromatic rings. The van der Waals surface area contributed by atoms with Gasteiger partial charge in [-0.3, -0.25) is 0 Å². The quantitative estimate of drug-likeness (QED) is 0.871. The highest BCUT2D eigenvalue weighted by Crippen LogP contribution is 2.26. The molecular formula is C12H8ClFO4S2. The van der Waals surface area contributed by atoms with Crippen LogP contribution < -0.4 is 0 Å². The van der Waals surface area contributed by atoms with E-state index < -0.39 is 27.2 Å². The molecular weight excluding hydrogens is 327 g/mol. The molecule has 1 heterocycles. The second-order valence-electron chi connectivity index (χ2n) is 3.91. The Labute approximate surface area is 123 Å². The fourth-order valence-electron chi connectivity index (χ4n) is 1.56. The minimum Gasteiger partial charge on any atom is -0.478 e. The van der Waals surface area contributed by atoms with Crippen LogP contribution in [0.4, 0.5) is 4.39 Å². The first kappa shape index (κ1) is 15.0. The average Bonchev–Trinajstić information content (AvgIpc) is 2.73. The fraction of sp³-hybridized carbons (Fsp3) is 0.0833. The molecule has 0 saturated heterocycles. The summed E-state index contributed by atoms with van der Waals surface area (Å²) in [6.45, 7) is 0. The zero-order chi connectivity index (χ0) is 14.9. The monoisotopic (exact) mass is 334 g/mol. The largest absolute Gasteiger partial charge is 0.478 e. The number of thiophene rings is 1. The highest BCUT2D eigenvalue weighted by molar-refractivity contribution is 7.90. The van der Waals surface area contributed by atoms with Crippen LogP contribution in [0, 0.1) is 5.82 Å². The van der Waals surface area contributed by atoms with E-state index in [4.69, 9.17) is 16.7 Å². The highest BCUT2D eigenvalue weighted by Gasteiger charge is 2.20. The van der Waals surface area contributed by atoms with Crippen molar-refractivity contribution in [3.05, 3.63) is 50.9 Å². The summed E-state index contributed by atoms with van der Waals surface area (Å²) in [5.41, 5.74) is -0.671. The Morgan fingerprint density at radius 2 is 2.00 bits per heavy atom. The van der Waals surface area contributed by atoms with E-state index in [-0.39, 0.29) is 10.6 Å². The van der Waals surface area contributed by atoms with E-state index in [9.17, 15) is 17.6 Å². The number of aromatic carboxylic acids is 1. The van der Waals surface area contributed by atoms with Gasteiger partial charge in [0.15, 0.2) is 9.84 Å². The lowest BCUT2D eigenvalue weighted by atomic mass is 10.2. The molecule has 0 aliphatic rings. The van der Waals surface area contributed by atoms with Gasteiger partial charge in [0.1, 0.15) is 5.82 Å². The van der Waals surface area contributed by atoms with Crippen molar-refractivity contribution in [3.8, 4) is 0 Å². The summed E-state index contributed by atoms with van der Waals surface area (Å²) in [6, 6.07) is 5.85. The van der Waals surface area contributed by atoms with Gasteiger partial charge in [-0.2, -0.15) is 0 Å². The lowest BCUT2D eigenvalue weighted by molar-refractivity contribution is 0.0691. The Morgan fingerprint density at radius 3 is 2.55 bits per heavy atom. The van der Waals surface area contributed by atoms with Crippen molar-refractivity contribution in [1.82, 2.24) is 0 Å². The van der Waals surface area contributed by atoms with Crippen LogP contribution in [0.2, 0.25) is 4.34 Å². The zero-order valence-electron chi connectivity index (χ0n) is 9.84. The zero-order valence-corrected chi connectivity index (χ0v) is 12.2. The second kappa shape index (κ2) is 5.51. The molecule has 2 rings (SSSR count). The number of hydrogen-bond acceptors (Lipinski definition) is 4. The van der Waals surface area contributed by atoms with Gasteiger partial charge < -0.3 is 5.11 Å². The first-order valence-corrected chi connectivity index (χ1v) is 8.14. The number of hydrogen-bond donors (Lipinski definition) is 1. The topological polar surface area (TPSA) is 71.4 Å². The van der Waals surface area contributed by atoms with Gasteiger partial charge in [-0.1, -0.05) is 11.6 Å². The van der Waals surface area contributed by atoms with Gasteiger partial charge in [0.25, 0.3) is 0 Å². The van der Waals surface area contributed by atoms with Crippen molar-refractivity contribution < 1.29 is 22.7 Å². The Bertz CT molecular complexity index is 768. The van der Waals surface area contributed by atoms with E-state index in [2.05, 4.69) is 0 Å². The van der Waals surface area contributed by atoms with Gasteiger partial charge in [0.05, 0.1) is 20.5 Å². The molecule has 0 aliphatic heterocycles. The van der Waals surface area contributed by atoms with Crippen LogP contribution in [0.15, 0.2) is 35.2 Å². The van der Waals surface area contributed by atoms with Gasteiger partial charge in [0, 0.05) is 4.88 Å². The van der Waals surface area contributed by atoms with E-state index in [1.165, 1.54) is 0 Å². The van der Waals surface area contributed by atoms with Crippen LogP contribution in [0.25, 0.3) is 0 Å². The van der Waals surface area contributed by atoms with Crippen LogP contribution in [-0.2, 0) is 15.6 Å². The van der Waals surface area contributed by atoms with Crippen LogP contribution in [0.3, 0.4) is 0 Å². The summed E-state index contributed by atoms with van der Waals surface area (Å²) < 4.78 is 38.0. The van der Waals surface area contributed by atoms with Crippen molar-refractivity contribution in [2.75, 3.05) is 0 Å². The van der Waals surface area contributed by atoms with E-state index in [1.807, 2.05) is 0 Å². The molecule has 0 fully saturated rings. The summed E-state index contributed by atoms with van der Waals surface area (Å²) >= 11 is 6.84. The average molecular weight is 335 g/mol. The van der Waals surface area contributed by atoms with Crippen molar-refractivity contribution in [2.24, 2.45) is 0 Å². The SMILES string of the molecule is O=C(O)c1cc(S(=O)(=O)Cc2ccc(Cl)s2)ccc1F. The molecule has 1 aromatic carbocycles. The van der Waals surface area contributed by atoms with Crippen LogP contribution in [0.1, 0.15) is 15.2 Å². The number of carboxylic acid groups (broad SMARTS) is 1. The standard InChI is InChI=1S/C12H8ClFO4S2/c13-11-4-1-7(19-11)6-20(17,18)8-2-3-10(14)9(5-8)12(15)16/h1-5H,6H2,(H,15,16). The number of benzene rings is 1. The number of rotatable bonds is 4. The van der Waals surface area contributed by atoms with E-state index in [1.54, 1.807) is 12.1 Å². The molecule has 0 bridgehead atoms. The smallest absolute Gasteiger partial charge is 0.338 e. The number of carbonyl (C=O) groups is 1. The molecule has 106 valence electrons. The minimum absolute atomic E-state index is 0.235. The molecule has 0 amide bonds. The normalized spacial score (nSPS) is 11.5. The number of sulfone groups is 1. The Balaban J connectivity index is 2.39. The third kappa shape index (κ3) is 3.17. The number of carboxylic acids is 1. The van der Waals surface area contributed by atoms with Crippen molar-refractivity contribution >= 4 is 38.7 Å². The number of halogens is 2. The summed E-state index contributed by atoms with van der Waals surface area (Å²) in [7, 11) is -3.75. The Morgan fingerprint density at radius 1 is 1.30 bits per heavy atom. The Hall–Kier alpha value is -1.44. The second-order valence-corrected chi connectivity index (χ2v) is 7.70. The van der Waals surface area contributed by atoms with Gasteiger partial charge in [-0.15, -0.1) is 11.3 Å². The van der Waals surface area contributed by atoms with Crippen molar-refractivity contribution in [1.29, 1.82) is 0 Å². The predicted octanol–water partition coefficient (Wildman–Crippen LogP) is 3.21. The van der Waals surface area contributed by atoms with Gasteiger partial charge in [0.2, 0.25) is 0 Å². The summed E-state index contributed by atoms with van der Waals surface area (Å²) in [6.07, 6.45) is 0.